The number of ether oxygens (including phenoxy) is 2. The molecule has 0 bridgehead atoms. The van der Waals surface area contributed by atoms with Crippen molar-refractivity contribution in [3.8, 4) is 34.3 Å². The predicted octanol–water partition coefficient (Wildman–Crippen LogP) is 3.47. The molecule has 22 heavy (non-hydrogen) atoms. The zero-order valence-corrected chi connectivity index (χ0v) is 12.7. The van der Waals surface area contributed by atoms with Crippen LogP contribution in [-0.2, 0) is 0 Å². The largest absolute Gasteiger partial charge is 0.493 e. The third-order valence-electron chi connectivity index (χ3n) is 3.06. The molecule has 1 aromatic carbocycles. The lowest BCUT2D eigenvalue weighted by atomic mass is 10.1. The van der Waals surface area contributed by atoms with Gasteiger partial charge in [0.05, 0.1) is 25.3 Å². The summed E-state index contributed by atoms with van der Waals surface area (Å²) in [5, 5.41) is 4.28. The Kier molecular flexibility index (Phi) is 3.93. The van der Waals surface area contributed by atoms with E-state index in [4.69, 9.17) is 25.6 Å². The first-order valence-corrected chi connectivity index (χ1v) is 6.78. The van der Waals surface area contributed by atoms with Crippen LogP contribution in [0.15, 0.2) is 41.1 Å². The quantitative estimate of drug-likeness (QED) is 0.686. The minimum Gasteiger partial charge on any atom is -0.493 e. The van der Waals surface area contributed by atoms with Crippen LogP contribution < -0.4 is 9.47 Å². The molecule has 0 atom stereocenters. The third-order valence-corrected chi connectivity index (χ3v) is 3.36. The van der Waals surface area contributed by atoms with E-state index in [-0.39, 0.29) is 5.89 Å². The predicted molar refractivity (Wildman–Crippen MR) is 81.1 cm³/mol. The lowest BCUT2D eigenvalue weighted by Gasteiger charge is -2.09. The van der Waals surface area contributed by atoms with Gasteiger partial charge in [-0.05, 0) is 24.3 Å². The summed E-state index contributed by atoms with van der Waals surface area (Å²) in [5.74, 6) is 1.80. The van der Waals surface area contributed by atoms with E-state index in [0.717, 1.165) is 0 Å². The highest BCUT2D eigenvalue weighted by Gasteiger charge is 2.18. The van der Waals surface area contributed by atoms with Gasteiger partial charge in [0, 0.05) is 6.20 Å². The number of hydrogen-bond donors (Lipinski definition) is 0. The van der Waals surface area contributed by atoms with Crippen molar-refractivity contribution in [2.24, 2.45) is 0 Å². The first-order valence-electron chi connectivity index (χ1n) is 6.40. The van der Waals surface area contributed by atoms with Gasteiger partial charge in [-0.1, -0.05) is 22.8 Å². The van der Waals surface area contributed by atoms with Gasteiger partial charge in [-0.25, -0.2) is 4.98 Å². The fraction of sp³-hybridized carbons (Fsp3) is 0.133. The van der Waals surface area contributed by atoms with Gasteiger partial charge >= 0.3 is 0 Å². The summed E-state index contributed by atoms with van der Waals surface area (Å²) < 4.78 is 15.9. The van der Waals surface area contributed by atoms with Crippen molar-refractivity contribution in [1.29, 1.82) is 0 Å². The molecule has 0 aliphatic heterocycles. The maximum Gasteiger partial charge on any atom is 0.261 e. The number of halogens is 1. The van der Waals surface area contributed by atoms with Gasteiger partial charge in [-0.15, -0.1) is 0 Å². The van der Waals surface area contributed by atoms with E-state index in [1.807, 2.05) is 12.1 Å². The summed E-state index contributed by atoms with van der Waals surface area (Å²) in [4.78, 5) is 8.35. The molecular weight excluding hydrogens is 306 g/mol. The maximum atomic E-state index is 6.04. The van der Waals surface area contributed by atoms with E-state index < -0.39 is 0 Å². The van der Waals surface area contributed by atoms with E-state index in [0.29, 0.717) is 33.6 Å². The Morgan fingerprint density at radius 2 is 1.86 bits per heavy atom. The Labute approximate surface area is 131 Å². The van der Waals surface area contributed by atoms with Crippen molar-refractivity contribution >= 4 is 11.6 Å². The van der Waals surface area contributed by atoms with Crippen molar-refractivity contribution in [2.75, 3.05) is 14.2 Å². The Morgan fingerprint density at radius 1 is 1.05 bits per heavy atom. The molecule has 0 N–H and O–H groups in total. The lowest BCUT2D eigenvalue weighted by Crippen LogP contribution is -1.94. The van der Waals surface area contributed by atoms with Crippen molar-refractivity contribution in [2.45, 2.75) is 0 Å². The number of aromatic nitrogens is 3. The van der Waals surface area contributed by atoms with Crippen molar-refractivity contribution in [3.63, 3.8) is 0 Å². The van der Waals surface area contributed by atoms with Crippen molar-refractivity contribution in [1.82, 2.24) is 15.1 Å². The average Bonchev–Trinajstić information content (AvgIpc) is 3.04. The molecule has 3 aromatic rings. The van der Waals surface area contributed by atoms with Gasteiger partial charge in [0.2, 0.25) is 5.82 Å². The molecule has 6 nitrogen and oxygen atoms in total. The van der Waals surface area contributed by atoms with Gasteiger partial charge in [-0.2, -0.15) is 4.98 Å². The summed E-state index contributed by atoms with van der Waals surface area (Å²) in [5.41, 5.74) is 1.24. The molecule has 0 radical (unpaired) electrons. The van der Waals surface area contributed by atoms with Gasteiger partial charge in [0.1, 0.15) is 5.15 Å². The van der Waals surface area contributed by atoms with Crippen LogP contribution >= 0.6 is 11.6 Å². The zero-order chi connectivity index (χ0) is 15.5. The Balaban J connectivity index is 2.07. The zero-order valence-electron chi connectivity index (χ0n) is 11.9. The molecule has 0 amide bonds. The van der Waals surface area contributed by atoms with E-state index in [9.17, 15) is 0 Å². The first-order chi connectivity index (χ1) is 10.7. The SMILES string of the molecule is COc1cccc(-c2noc(-c3cccnc3Cl)n2)c1OC. The van der Waals surface area contributed by atoms with Gasteiger partial charge in [-0.3, -0.25) is 0 Å². The molecule has 7 heteroatoms. The van der Waals surface area contributed by atoms with Crippen LogP contribution in [0.2, 0.25) is 5.15 Å². The van der Waals surface area contributed by atoms with Crippen molar-refractivity contribution < 1.29 is 14.0 Å². The van der Waals surface area contributed by atoms with E-state index in [1.165, 1.54) is 0 Å². The topological polar surface area (TPSA) is 70.3 Å². The molecule has 0 aliphatic rings. The number of benzene rings is 1. The van der Waals surface area contributed by atoms with Crippen LogP contribution in [0.3, 0.4) is 0 Å². The molecule has 0 fully saturated rings. The van der Waals surface area contributed by atoms with Crippen LogP contribution in [0.1, 0.15) is 0 Å². The van der Waals surface area contributed by atoms with Crippen LogP contribution in [-0.4, -0.2) is 29.3 Å². The van der Waals surface area contributed by atoms with E-state index >= 15 is 0 Å². The average molecular weight is 318 g/mol. The van der Waals surface area contributed by atoms with Crippen LogP contribution in [0.25, 0.3) is 22.8 Å². The third kappa shape index (κ3) is 2.48. The second-order valence-electron chi connectivity index (χ2n) is 4.31. The van der Waals surface area contributed by atoms with E-state index in [1.54, 1.807) is 38.6 Å². The summed E-state index contributed by atoms with van der Waals surface area (Å²) in [6, 6.07) is 8.94. The Hall–Kier alpha value is -2.60. The summed E-state index contributed by atoms with van der Waals surface area (Å²) in [6.45, 7) is 0. The first kappa shape index (κ1) is 14.3. The molecule has 0 unspecified atom stereocenters. The molecule has 2 heterocycles. The lowest BCUT2D eigenvalue weighted by molar-refractivity contribution is 0.355. The minimum absolute atomic E-state index is 0.290. The molecule has 3 rings (SSSR count). The molecule has 0 aliphatic carbocycles. The maximum absolute atomic E-state index is 6.04. The van der Waals surface area contributed by atoms with Crippen LogP contribution in [0.5, 0.6) is 11.5 Å². The smallest absolute Gasteiger partial charge is 0.261 e. The van der Waals surface area contributed by atoms with E-state index in [2.05, 4.69) is 15.1 Å². The number of rotatable bonds is 4. The second kappa shape index (κ2) is 6.03. The summed E-state index contributed by atoms with van der Waals surface area (Å²) >= 11 is 6.04. The monoisotopic (exact) mass is 317 g/mol. The Morgan fingerprint density at radius 3 is 2.59 bits per heavy atom. The number of para-hydroxylation sites is 1. The standard InChI is InChI=1S/C15H12ClN3O3/c1-20-11-7-3-5-9(12(11)21-2)14-18-15(22-19-14)10-6-4-8-17-13(10)16/h3-8H,1-2H3. The molecule has 2 aromatic heterocycles. The van der Waals surface area contributed by atoms with Gasteiger partial charge in [0.25, 0.3) is 5.89 Å². The fourth-order valence-electron chi connectivity index (χ4n) is 2.05. The molecule has 0 saturated heterocycles. The van der Waals surface area contributed by atoms with Gasteiger partial charge in [0.15, 0.2) is 11.5 Å². The van der Waals surface area contributed by atoms with Crippen molar-refractivity contribution in [3.05, 3.63) is 41.7 Å². The summed E-state index contributed by atoms with van der Waals surface area (Å²) in [7, 11) is 3.12. The summed E-state index contributed by atoms with van der Waals surface area (Å²) in [6.07, 6.45) is 1.59. The Bertz CT molecular complexity index is 804. The highest BCUT2D eigenvalue weighted by Crippen LogP contribution is 2.37. The van der Waals surface area contributed by atoms with Crippen LogP contribution in [0, 0.1) is 0 Å². The molecule has 0 spiro atoms. The molecule has 0 saturated carbocycles. The number of methoxy groups -OCH3 is 2. The molecular formula is C15H12ClN3O3. The second-order valence-corrected chi connectivity index (χ2v) is 4.66. The fourth-order valence-corrected chi connectivity index (χ4v) is 2.25. The number of pyridine rings is 1. The highest BCUT2D eigenvalue weighted by molar-refractivity contribution is 6.31. The normalized spacial score (nSPS) is 10.5. The molecule has 112 valence electrons. The number of hydrogen-bond acceptors (Lipinski definition) is 6. The van der Waals surface area contributed by atoms with Gasteiger partial charge < -0.3 is 14.0 Å². The highest BCUT2D eigenvalue weighted by atomic mass is 35.5. The van der Waals surface area contributed by atoms with Crippen LogP contribution in [0.4, 0.5) is 0 Å². The number of nitrogens with zero attached hydrogens (tertiary/aromatic N) is 3. The minimum atomic E-state index is 0.290.